The monoisotopic (exact) mass is 336 g/mol. The molecule has 3 fully saturated rings. The van der Waals surface area contributed by atoms with Gasteiger partial charge >= 0.3 is 0 Å². The number of hydrogen-bond donors (Lipinski definition) is 2. The first-order valence-electron chi connectivity index (χ1n) is 10.2. The Balaban J connectivity index is 1.60. The Bertz CT molecular complexity index is 435. The van der Waals surface area contributed by atoms with Crippen LogP contribution in [0.1, 0.15) is 77.6 Å². The lowest BCUT2D eigenvalue weighted by Crippen LogP contribution is -2.51. The third-order valence-electron chi connectivity index (χ3n) is 7.46. The smallest absolute Gasteiger partial charge is 0.118 e. The highest BCUT2D eigenvalue weighted by Crippen LogP contribution is 2.60. The van der Waals surface area contributed by atoms with Gasteiger partial charge < -0.3 is 15.7 Å². The zero-order valence-corrected chi connectivity index (χ0v) is 15.4. The van der Waals surface area contributed by atoms with Gasteiger partial charge in [0, 0.05) is 17.5 Å². The fraction of sp³-hybridized carbons (Fsp3) is 0.950. The summed E-state index contributed by atoms with van der Waals surface area (Å²) in [5.41, 5.74) is 4.94. The molecule has 0 unspecified atom stereocenters. The lowest BCUT2D eigenvalue weighted by atomic mass is 9.57. The molecule has 0 aromatic carbocycles. The van der Waals surface area contributed by atoms with Crippen LogP contribution in [0.25, 0.3) is 0 Å². The third kappa shape index (κ3) is 3.50. The average Bonchev–Trinajstić information content (AvgIpc) is 2.86. The van der Waals surface area contributed by atoms with E-state index in [-0.39, 0.29) is 5.41 Å². The molecule has 0 amide bonds. The fourth-order valence-electron chi connectivity index (χ4n) is 5.68. The van der Waals surface area contributed by atoms with Crippen LogP contribution in [0, 0.1) is 23.2 Å². The molecule has 0 aliphatic heterocycles. The number of nitrogens with zero attached hydrogens (tertiary/aromatic N) is 1. The second-order valence-electron chi connectivity index (χ2n) is 8.73. The molecule has 4 nitrogen and oxygen atoms in total. The Morgan fingerprint density at radius 2 is 1.92 bits per heavy atom. The van der Waals surface area contributed by atoms with E-state index in [1.54, 1.807) is 0 Å². The van der Waals surface area contributed by atoms with Gasteiger partial charge in [-0.2, -0.15) is 0 Å². The highest BCUT2D eigenvalue weighted by molar-refractivity contribution is 5.62. The Morgan fingerprint density at radius 3 is 2.67 bits per heavy atom. The van der Waals surface area contributed by atoms with Crippen LogP contribution >= 0.6 is 0 Å². The highest BCUT2D eigenvalue weighted by Gasteiger charge is 2.59. The van der Waals surface area contributed by atoms with Gasteiger partial charge in [-0.3, -0.25) is 0 Å². The topological polar surface area (TPSA) is 67.8 Å². The van der Waals surface area contributed by atoms with E-state index in [0.29, 0.717) is 19.1 Å². The van der Waals surface area contributed by atoms with Gasteiger partial charge in [-0.1, -0.05) is 44.2 Å². The minimum absolute atomic E-state index is 0.0289. The van der Waals surface area contributed by atoms with Crippen LogP contribution in [0.3, 0.4) is 0 Å². The Hall–Kier alpha value is -0.610. The van der Waals surface area contributed by atoms with Gasteiger partial charge in [0.25, 0.3) is 0 Å². The van der Waals surface area contributed by atoms with Crippen LogP contribution in [-0.2, 0) is 4.84 Å². The van der Waals surface area contributed by atoms with E-state index in [1.165, 1.54) is 38.5 Å². The average molecular weight is 337 g/mol. The fourth-order valence-corrected chi connectivity index (χ4v) is 5.68. The molecular formula is C20H36N2O2. The number of fused-ring (bicyclic) bond motifs is 1. The van der Waals surface area contributed by atoms with Crippen molar-refractivity contribution in [3.8, 4) is 0 Å². The predicted molar refractivity (Wildman–Crippen MR) is 97.8 cm³/mol. The summed E-state index contributed by atoms with van der Waals surface area (Å²) in [6.07, 6.45) is 15.2. The van der Waals surface area contributed by atoms with Gasteiger partial charge in [0.05, 0.1) is 5.60 Å². The van der Waals surface area contributed by atoms with Crippen LogP contribution in [-0.4, -0.2) is 30.1 Å². The summed E-state index contributed by atoms with van der Waals surface area (Å²) in [5.74, 6) is 1.94. The van der Waals surface area contributed by atoms with Gasteiger partial charge in [-0.15, -0.1) is 0 Å². The summed E-state index contributed by atoms with van der Waals surface area (Å²) in [7, 11) is 0. The van der Waals surface area contributed by atoms with Crippen LogP contribution in [0.5, 0.6) is 0 Å². The Kier molecular flexibility index (Phi) is 5.86. The molecule has 3 rings (SSSR count). The number of nitrogens with two attached hydrogens (primary N) is 1. The van der Waals surface area contributed by atoms with Crippen molar-refractivity contribution in [2.24, 2.45) is 34.1 Å². The zero-order valence-electron chi connectivity index (χ0n) is 15.4. The molecule has 3 aliphatic carbocycles. The van der Waals surface area contributed by atoms with Crippen molar-refractivity contribution in [3.05, 3.63) is 0 Å². The SMILES string of the molecule is C[C@]12CC[C@H](C3CCCCC3)C[C@@]1(O)CC[C@@H]2C=NOCCCN. The molecule has 0 heterocycles. The Morgan fingerprint density at radius 1 is 1.12 bits per heavy atom. The van der Waals surface area contributed by atoms with E-state index in [1.807, 2.05) is 6.21 Å². The molecule has 0 aromatic rings. The van der Waals surface area contributed by atoms with Gasteiger partial charge in [-0.25, -0.2) is 0 Å². The van der Waals surface area contributed by atoms with Gasteiger partial charge in [0.15, 0.2) is 0 Å². The molecule has 3 N–H and O–H groups in total. The molecule has 4 atom stereocenters. The first kappa shape index (κ1) is 18.2. The van der Waals surface area contributed by atoms with Crippen molar-refractivity contribution in [1.29, 1.82) is 0 Å². The van der Waals surface area contributed by atoms with E-state index in [0.717, 1.165) is 43.9 Å². The van der Waals surface area contributed by atoms with E-state index in [9.17, 15) is 5.11 Å². The van der Waals surface area contributed by atoms with Crippen molar-refractivity contribution < 1.29 is 9.94 Å². The molecule has 0 saturated heterocycles. The molecule has 3 saturated carbocycles. The van der Waals surface area contributed by atoms with Gasteiger partial charge in [0.2, 0.25) is 0 Å². The Labute approximate surface area is 147 Å². The third-order valence-corrected chi connectivity index (χ3v) is 7.46. The van der Waals surface area contributed by atoms with E-state index in [4.69, 9.17) is 10.6 Å². The van der Waals surface area contributed by atoms with Crippen molar-refractivity contribution in [3.63, 3.8) is 0 Å². The summed E-state index contributed by atoms with van der Waals surface area (Å²) in [5, 5.41) is 15.6. The number of oxime groups is 1. The summed E-state index contributed by atoms with van der Waals surface area (Å²) in [6, 6.07) is 0. The summed E-state index contributed by atoms with van der Waals surface area (Å²) >= 11 is 0. The predicted octanol–water partition coefficient (Wildman–Crippen LogP) is 3.87. The van der Waals surface area contributed by atoms with Crippen molar-refractivity contribution in [1.82, 2.24) is 0 Å². The maximum Gasteiger partial charge on any atom is 0.118 e. The molecule has 138 valence electrons. The molecule has 24 heavy (non-hydrogen) atoms. The lowest BCUT2D eigenvalue weighted by molar-refractivity contribution is -0.115. The van der Waals surface area contributed by atoms with Gasteiger partial charge in [-0.05, 0) is 56.9 Å². The second kappa shape index (κ2) is 7.74. The first-order valence-corrected chi connectivity index (χ1v) is 10.2. The largest absolute Gasteiger partial charge is 0.396 e. The molecule has 3 aliphatic rings. The number of rotatable bonds is 6. The minimum atomic E-state index is -0.499. The standard InChI is InChI=1S/C20H36N2O2/c1-19-10-8-17(16-6-3-2-4-7-16)14-20(19,23)11-9-18(19)15-22-24-13-5-12-21/h15-18,23H,2-14,21H2,1H3/t17-,18+,19+,20-/m0/s1. The molecule has 0 bridgehead atoms. The number of aliphatic hydroxyl groups is 1. The van der Waals surface area contributed by atoms with Crippen LogP contribution in [0.4, 0.5) is 0 Å². The maximum absolute atomic E-state index is 11.5. The van der Waals surface area contributed by atoms with Crippen LogP contribution in [0.15, 0.2) is 5.16 Å². The van der Waals surface area contributed by atoms with Gasteiger partial charge in [0.1, 0.15) is 6.61 Å². The quantitative estimate of drug-likeness (QED) is 0.439. The van der Waals surface area contributed by atoms with Crippen molar-refractivity contribution in [2.45, 2.75) is 83.2 Å². The normalized spacial score (nSPS) is 40.8. The van der Waals surface area contributed by atoms with Crippen LogP contribution in [0.2, 0.25) is 0 Å². The highest BCUT2D eigenvalue weighted by atomic mass is 16.6. The second-order valence-corrected chi connectivity index (χ2v) is 8.73. The summed E-state index contributed by atoms with van der Waals surface area (Å²) < 4.78 is 0. The maximum atomic E-state index is 11.5. The van der Waals surface area contributed by atoms with E-state index >= 15 is 0 Å². The van der Waals surface area contributed by atoms with E-state index < -0.39 is 5.60 Å². The lowest BCUT2D eigenvalue weighted by Gasteiger charge is -2.50. The first-order chi connectivity index (χ1) is 11.6. The molecule has 0 spiro atoms. The summed E-state index contributed by atoms with van der Waals surface area (Å²) in [6.45, 7) is 3.51. The molecule has 0 aromatic heterocycles. The molecular weight excluding hydrogens is 300 g/mol. The number of hydrogen-bond acceptors (Lipinski definition) is 4. The minimum Gasteiger partial charge on any atom is -0.396 e. The summed E-state index contributed by atoms with van der Waals surface area (Å²) in [4.78, 5) is 5.32. The van der Waals surface area contributed by atoms with Crippen LogP contribution < -0.4 is 5.73 Å². The molecule has 4 heteroatoms. The zero-order chi connectivity index (χ0) is 17.0. The van der Waals surface area contributed by atoms with Crippen molar-refractivity contribution >= 4 is 6.21 Å². The van der Waals surface area contributed by atoms with Crippen molar-refractivity contribution in [2.75, 3.05) is 13.2 Å². The van der Waals surface area contributed by atoms with E-state index in [2.05, 4.69) is 12.1 Å². The molecule has 0 radical (unpaired) electrons.